The second kappa shape index (κ2) is 5.05. The molecule has 0 aromatic heterocycles. The molecule has 2 fully saturated rings. The first kappa shape index (κ1) is 14.2. The van der Waals surface area contributed by atoms with Gasteiger partial charge in [-0.1, -0.05) is 24.6 Å². The van der Waals surface area contributed by atoms with Gasteiger partial charge in [0.1, 0.15) is 0 Å². The minimum Gasteiger partial charge on any atom is -0.306 e. The van der Waals surface area contributed by atoms with E-state index in [0.29, 0.717) is 5.56 Å². The van der Waals surface area contributed by atoms with Crippen molar-refractivity contribution >= 4 is 11.6 Å². The first-order valence-corrected chi connectivity index (χ1v) is 8.41. The summed E-state index contributed by atoms with van der Waals surface area (Å²) < 4.78 is 14.2. The lowest BCUT2D eigenvalue weighted by Crippen LogP contribution is -2.63. The van der Waals surface area contributed by atoms with Crippen molar-refractivity contribution in [2.75, 3.05) is 18.0 Å². The fourth-order valence-electron chi connectivity index (χ4n) is 4.50. The molecule has 0 spiro atoms. The smallest absolute Gasteiger partial charge is 0.266 e. The Hall–Kier alpha value is -1.42. The Labute approximate surface area is 131 Å². The molecule has 0 bridgehead atoms. The van der Waals surface area contributed by atoms with Crippen molar-refractivity contribution in [1.82, 2.24) is 4.90 Å². The molecule has 0 N–H and O–H groups in total. The molecule has 1 saturated heterocycles. The van der Waals surface area contributed by atoms with Gasteiger partial charge in [0.05, 0.1) is 5.69 Å². The summed E-state index contributed by atoms with van der Waals surface area (Å²) >= 11 is 0. The van der Waals surface area contributed by atoms with E-state index in [1.807, 2.05) is 12.1 Å². The summed E-state index contributed by atoms with van der Waals surface area (Å²) in [5, 5.41) is 0. The van der Waals surface area contributed by atoms with Crippen LogP contribution < -0.4 is 4.90 Å². The number of piperidine rings is 1. The van der Waals surface area contributed by atoms with E-state index in [1.165, 1.54) is 32.4 Å². The number of hydrogen-bond acceptors (Lipinski definition) is 2. The Morgan fingerprint density at radius 2 is 1.82 bits per heavy atom. The van der Waals surface area contributed by atoms with E-state index >= 15 is 0 Å². The third-order valence-corrected chi connectivity index (χ3v) is 5.76. The number of amides is 1. The maximum Gasteiger partial charge on any atom is 0.266 e. The summed E-state index contributed by atoms with van der Waals surface area (Å²) in [6.07, 6.45) is 4.33. The zero-order chi connectivity index (χ0) is 15.3. The SMILES string of the molecule is CC1(N2CCCCC2)CC(N2C(=O)C(F)c3ccccc32)C1. The normalized spacial score (nSPS) is 35.4. The van der Waals surface area contributed by atoms with Gasteiger partial charge in [0, 0.05) is 17.1 Å². The first-order chi connectivity index (χ1) is 10.6. The molecular weight excluding hydrogens is 279 g/mol. The fourth-order valence-corrected chi connectivity index (χ4v) is 4.50. The lowest BCUT2D eigenvalue weighted by molar-refractivity contribution is -0.124. The summed E-state index contributed by atoms with van der Waals surface area (Å²) in [6.45, 7) is 4.63. The van der Waals surface area contributed by atoms with E-state index in [4.69, 9.17) is 0 Å². The van der Waals surface area contributed by atoms with Crippen LogP contribution in [0, 0.1) is 0 Å². The molecule has 1 saturated carbocycles. The van der Waals surface area contributed by atoms with Crippen LogP contribution in [-0.4, -0.2) is 35.5 Å². The van der Waals surface area contributed by atoms with Crippen LogP contribution in [0.3, 0.4) is 0 Å². The van der Waals surface area contributed by atoms with Crippen LogP contribution in [-0.2, 0) is 4.79 Å². The van der Waals surface area contributed by atoms with Crippen LogP contribution in [0.15, 0.2) is 24.3 Å². The Bertz CT molecular complexity index is 591. The van der Waals surface area contributed by atoms with Crippen LogP contribution >= 0.6 is 0 Å². The molecule has 2 heterocycles. The largest absolute Gasteiger partial charge is 0.306 e. The number of carbonyl (C=O) groups is 1. The highest BCUT2D eigenvalue weighted by atomic mass is 19.1. The van der Waals surface area contributed by atoms with E-state index in [9.17, 15) is 9.18 Å². The number of nitrogens with zero attached hydrogens (tertiary/aromatic N) is 2. The van der Waals surface area contributed by atoms with Gasteiger partial charge in [0.25, 0.3) is 5.91 Å². The first-order valence-electron chi connectivity index (χ1n) is 8.41. The van der Waals surface area contributed by atoms with Crippen LogP contribution in [0.5, 0.6) is 0 Å². The number of alkyl halides is 1. The molecule has 1 aromatic carbocycles. The molecule has 118 valence electrons. The van der Waals surface area contributed by atoms with Crippen LogP contribution in [0.25, 0.3) is 0 Å². The predicted octanol–water partition coefficient (Wildman–Crippen LogP) is 3.45. The van der Waals surface area contributed by atoms with Gasteiger partial charge in [-0.15, -0.1) is 0 Å². The number of para-hydroxylation sites is 1. The lowest BCUT2D eigenvalue weighted by atomic mass is 9.71. The molecule has 1 amide bonds. The minimum absolute atomic E-state index is 0.154. The zero-order valence-corrected chi connectivity index (χ0v) is 13.1. The van der Waals surface area contributed by atoms with Crippen molar-refractivity contribution in [3.63, 3.8) is 0 Å². The Morgan fingerprint density at radius 3 is 2.55 bits per heavy atom. The van der Waals surface area contributed by atoms with Crippen LogP contribution in [0.2, 0.25) is 0 Å². The predicted molar refractivity (Wildman–Crippen MR) is 84.6 cm³/mol. The number of fused-ring (bicyclic) bond motifs is 1. The summed E-state index contributed by atoms with van der Waals surface area (Å²) in [4.78, 5) is 16.6. The van der Waals surface area contributed by atoms with E-state index < -0.39 is 6.17 Å². The third kappa shape index (κ3) is 2.00. The number of anilines is 1. The monoisotopic (exact) mass is 302 g/mol. The number of carbonyl (C=O) groups excluding carboxylic acids is 1. The van der Waals surface area contributed by atoms with Gasteiger partial charge < -0.3 is 4.90 Å². The van der Waals surface area contributed by atoms with Gasteiger partial charge in [-0.3, -0.25) is 9.69 Å². The Balaban J connectivity index is 1.52. The molecule has 3 nitrogen and oxygen atoms in total. The van der Waals surface area contributed by atoms with E-state index in [0.717, 1.165) is 18.5 Å². The van der Waals surface area contributed by atoms with Crippen molar-refractivity contribution in [1.29, 1.82) is 0 Å². The van der Waals surface area contributed by atoms with Gasteiger partial charge in [0.2, 0.25) is 6.17 Å². The average Bonchev–Trinajstić information content (AvgIpc) is 2.77. The van der Waals surface area contributed by atoms with Crippen LogP contribution in [0.4, 0.5) is 10.1 Å². The van der Waals surface area contributed by atoms with Gasteiger partial charge in [-0.2, -0.15) is 0 Å². The number of rotatable bonds is 2. The molecule has 4 heteroatoms. The highest BCUT2D eigenvalue weighted by Gasteiger charge is 2.51. The molecule has 1 aliphatic carbocycles. The number of likely N-dealkylation sites (tertiary alicyclic amines) is 1. The summed E-state index contributed by atoms with van der Waals surface area (Å²) in [5.41, 5.74) is 1.51. The highest BCUT2D eigenvalue weighted by molar-refractivity contribution is 6.04. The standard InChI is InChI=1S/C18H23FN2O/c1-18(20-9-5-2-6-10-20)11-13(12-18)21-15-8-4-3-7-14(15)16(19)17(21)22/h3-4,7-8,13,16H,2,5-6,9-12H2,1H3. The molecule has 1 aromatic rings. The second-order valence-corrected chi connectivity index (χ2v) is 7.24. The van der Waals surface area contributed by atoms with Crippen molar-refractivity contribution in [2.45, 2.75) is 56.8 Å². The van der Waals surface area contributed by atoms with Crippen LogP contribution in [0.1, 0.15) is 50.8 Å². The van der Waals surface area contributed by atoms with Gasteiger partial charge >= 0.3 is 0 Å². The lowest BCUT2D eigenvalue weighted by Gasteiger charge is -2.55. The molecule has 2 aliphatic heterocycles. The second-order valence-electron chi connectivity index (χ2n) is 7.24. The van der Waals surface area contributed by atoms with Crippen molar-refractivity contribution in [3.8, 4) is 0 Å². The number of hydrogen-bond donors (Lipinski definition) is 0. The molecule has 3 aliphatic rings. The number of benzene rings is 1. The highest BCUT2D eigenvalue weighted by Crippen LogP contribution is 2.48. The van der Waals surface area contributed by atoms with Crippen molar-refractivity contribution in [2.24, 2.45) is 0 Å². The molecule has 4 rings (SSSR count). The quantitative estimate of drug-likeness (QED) is 0.835. The summed E-state index contributed by atoms with van der Waals surface area (Å²) in [5.74, 6) is -0.369. The van der Waals surface area contributed by atoms with E-state index in [-0.39, 0.29) is 17.5 Å². The molecule has 1 atom stereocenters. The van der Waals surface area contributed by atoms with Gasteiger partial charge in [-0.05, 0) is 51.8 Å². The van der Waals surface area contributed by atoms with Crippen molar-refractivity contribution in [3.05, 3.63) is 29.8 Å². The fraction of sp³-hybridized carbons (Fsp3) is 0.611. The Morgan fingerprint density at radius 1 is 1.14 bits per heavy atom. The van der Waals surface area contributed by atoms with Gasteiger partial charge in [-0.25, -0.2) is 4.39 Å². The summed E-state index contributed by atoms with van der Waals surface area (Å²) in [7, 11) is 0. The maximum atomic E-state index is 14.2. The third-order valence-electron chi connectivity index (χ3n) is 5.76. The van der Waals surface area contributed by atoms with E-state index in [1.54, 1.807) is 17.0 Å². The molecule has 1 unspecified atom stereocenters. The zero-order valence-electron chi connectivity index (χ0n) is 13.1. The molecule has 0 radical (unpaired) electrons. The maximum absolute atomic E-state index is 14.2. The average molecular weight is 302 g/mol. The number of halogens is 1. The summed E-state index contributed by atoms with van der Waals surface area (Å²) in [6, 6.07) is 7.46. The molecular formula is C18H23FN2O. The van der Waals surface area contributed by atoms with Crippen molar-refractivity contribution < 1.29 is 9.18 Å². The minimum atomic E-state index is -1.47. The van der Waals surface area contributed by atoms with E-state index in [2.05, 4.69) is 11.8 Å². The Kier molecular flexibility index (Phi) is 3.26. The topological polar surface area (TPSA) is 23.6 Å². The molecule has 22 heavy (non-hydrogen) atoms. The van der Waals surface area contributed by atoms with Gasteiger partial charge in [0.15, 0.2) is 0 Å².